The van der Waals surface area contributed by atoms with Gasteiger partial charge in [-0.05, 0) is 93.4 Å². The van der Waals surface area contributed by atoms with Gasteiger partial charge in [0, 0.05) is 58.5 Å². The highest BCUT2D eigenvalue weighted by atomic mass is 35.5. The number of carbonyl (C=O) groups excluding carboxylic acids is 2. The number of hydrogen-bond donors (Lipinski definition) is 3. The number of carbonyl (C=O) groups is 2. The molecule has 350 valence electrons. The van der Waals surface area contributed by atoms with Gasteiger partial charge in [-0.1, -0.05) is 21.8 Å². The van der Waals surface area contributed by atoms with E-state index in [0.29, 0.717) is 60.4 Å². The summed E-state index contributed by atoms with van der Waals surface area (Å²) in [7, 11) is 1.39. The number of methoxy groups -OCH3 is 1. The fourth-order valence-corrected chi connectivity index (χ4v) is 9.17. The van der Waals surface area contributed by atoms with Crippen molar-refractivity contribution in [1.82, 2.24) is 40.3 Å². The van der Waals surface area contributed by atoms with E-state index in [4.69, 9.17) is 30.2 Å². The van der Waals surface area contributed by atoms with Gasteiger partial charge in [0.2, 0.25) is 10.3 Å². The van der Waals surface area contributed by atoms with Crippen molar-refractivity contribution in [1.29, 1.82) is 0 Å². The molecule has 2 bridgehead atoms. The summed E-state index contributed by atoms with van der Waals surface area (Å²) in [5.74, 6) is -1.62. The van der Waals surface area contributed by atoms with Crippen LogP contribution in [0.15, 0.2) is 59.5 Å². The molecule has 0 spiro atoms. The lowest BCUT2D eigenvalue weighted by molar-refractivity contribution is -0.0496. The summed E-state index contributed by atoms with van der Waals surface area (Å²) in [5, 5.41) is 33.7. The maximum atomic E-state index is 15.4. The largest absolute Gasteiger partial charge is 0.494 e. The maximum Gasteiger partial charge on any atom is 0.387 e. The molecule has 0 saturated heterocycles. The number of amides is 2. The summed E-state index contributed by atoms with van der Waals surface area (Å²) in [6, 6.07) is 7.94. The molecule has 68 heavy (non-hydrogen) atoms. The first-order chi connectivity index (χ1) is 32.6. The highest BCUT2D eigenvalue weighted by Gasteiger charge is 2.36. The van der Waals surface area contributed by atoms with Gasteiger partial charge in [0.1, 0.15) is 22.6 Å². The molecule has 1 saturated carbocycles. The van der Waals surface area contributed by atoms with Gasteiger partial charge in [0.15, 0.2) is 22.9 Å². The molecule has 0 aliphatic heterocycles. The van der Waals surface area contributed by atoms with Crippen LogP contribution in [-0.2, 0) is 6.42 Å². The summed E-state index contributed by atoms with van der Waals surface area (Å²) in [6.07, 6.45) is 6.96. The van der Waals surface area contributed by atoms with Crippen LogP contribution in [0.4, 0.5) is 23.4 Å². The molecule has 18 nitrogen and oxygen atoms in total. The SMILES string of the molecule is COc1cnc(C)c(F)c1-c1cc(C)ncc1C(=O)Nc1nnc(Oc2cc3oc2cc3CC2(O)CCC(Oc3nnc(NC(=O)c4cnc(C)cc4-c4cc(Cl)ncc4OC(F)F)s3)CC2)s1. The first-order valence-electron chi connectivity index (χ1n) is 20.6. The molecule has 0 unspecified atom stereocenters. The second-order valence-electron chi connectivity index (χ2n) is 15.7. The fraction of sp³-hybridized carbons (Fsp3) is 0.273. The first-order valence-corrected chi connectivity index (χ1v) is 22.6. The van der Waals surface area contributed by atoms with E-state index < -0.39 is 29.8 Å². The first kappa shape index (κ1) is 46.0. The van der Waals surface area contributed by atoms with Gasteiger partial charge in [-0.2, -0.15) is 8.78 Å². The topological polar surface area (TPSA) is 232 Å². The third-order valence-electron chi connectivity index (χ3n) is 11.0. The molecule has 9 rings (SSSR count). The van der Waals surface area contributed by atoms with Crippen molar-refractivity contribution in [3.05, 3.63) is 99.9 Å². The van der Waals surface area contributed by atoms with Gasteiger partial charge in [0.05, 0.1) is 47.5 Å². The van der Waals surface area contributed by atoms with E-state index >= 15 is 4.39 Å². The van der Waals surface area contributed by atoms with E-state index in [2.05, 4.69) is 55.7 Å². The minimum atomic E-state index is -3.14. The Morgan fingerprint density at radius 3 is 2.09 bits per heavy atom. The van der Waals surface area contributed by atoms with Crippen molar-refractivity contribution in [3.63, 3.8) is 0 Å². The molecule has 24 heteroatoms. The molecular weight excluding hydrogens is 953 g/mol. The number of alkyl halides is 2. The normalized spacial score (nSPS) is 16.0. The summed E-state index contributed by atoms with van der Waals surface area (Å²) in [4.78, 5) is 43.3. The molecule has 3 N–H and O–H groups in total. The zero-order valence-electron chi connectivity index (χ0n) is 36.1. The Kier molecular flexibility index (Phi) is 12.8. The van der Waals surface area contributed by atoms with E-state index in [1.807, 2.05) is 0 Å². The molecular formula is C44H36ClF3N10O8S2. The lowest BCUT2D eigenvalue weighted by Crippen LogP contribution is -2.39. The van der Waals surface area contributed by atoms with Crippen LogP contribution in [-0.4, -0.2) is 82.7 Å². The monoisotopic (exact) mass is 988 g/mol. The second-order valence-corrected chi connectivity index (χ2v) is 18.0. The Morgan fingerprint density at radius 2 is 1.44 bits per heavy atom. The summed E-state index contributed by atoms with van der Waals surface area (Å²) < 4.78 is 69.8. The van der Waals surface area contributed by atoms with Crippen molar-refractivity contribution in [3.8, 4) is 49.9 Å². The van der Waals surface area contributed by atoms with Gasteiger partial charge >= 0.3 is 11.8 Å². The predicted octanol–water partition coefficient (Wildman–Crippen LogP) is 9.41. The Balaban J connectivity index is 0.786. The highest BCUT2D eigenvalue weighted by molar-refractivity contribution is 7.17. The van der Waals surface area contributed by atoms with Crippen molar-refractivity contribution >= 4 is 67.5 Å². The Hall–Kier alpha value is -7.08. The van der Waals surface area contributed by atoms with E-state index in [1.165, 1.54) is 38.7 Å². The van der Waals surface area contributed by atoms with Gasteiger partial charge < -0.3 is 28.5 Å². The Labute approximate surface area is 396 Å². The summed E-state index contributed by atoms with van der Waals surface area (Å²) in [6.45, 7) is 1.77. The van der Waals surface area contributed by atoms with Crippen LogP contribution in [0.3, 0.4) is 0 Å². The predicted molar refractivity (Wildman–Crippen MR) is 242 cm³/mol. The molecule has 1 aliphatic rings. The minimum absolute atomic E-state index is 0.00284. The lowest BCUT2D eigenvalue weighted by atomic mass is 9.79. The number of nitrogens with zero attached hydrogens (tertiary/aromatic N) is 8. The van der Waals surface area contributed by atoms with Crippen LogP contribution < -0.4 is 29.6 Å². The average molecular weight is 989 g/mol. The molecule has 0 atom stereocenters. The number of aromatic nitrogens is 8. The number of fused-ring (bicyclic) bond motifs is 2. The van der Waals surface area contributed by atoms with E-state index in [9.17, 15) is 23.5 Å². The number of nitrogens with one attached hydrogen (secondary N) is 2. The van der Waals surface area contributed by atoms with Gasteiger partial charge in [-0.3, -0.25) is 35.2 Å². The Bertz CT molecular complexity index is 3180. The zero-order valence-corrected chi connectivity index (χ0v) is 38.5. The van der Waals surface area contributed by atoms with E-state index in [1.54, 1.807) is 38.1 Å². The maximum absolute atomic E-state index is 15.4. The number of benzene rings is 1. The summed E-state index contributed by atoms with van der Waals surface area (Å²) >= 11 is 8.05. The van der Waals surface area contributed by atoms with Crippen LogP contribution >= 0.6 is 34.3 Å². The number of hydrogen-bond acceptors (Lipinski definition) is 18. The molecule has 8 aromatic heterocycles. The standard InChI is InChI=1S/C44H36ClF3N10O8S2/c1-19-9-24(25-12-34(45)52-17-32(25)65-39(47)48)27(15-49-19)37(59)53-40-55-57-42(67-40)63-23-5-7-44(61,8-6-23)14-22-11-30-31(13-29(22)64-30)66-43-58-56-41(68-43)54-38(60)28-16-50-20(2)10-26(28)35-33(62-4)18-51-21(3)36(35)46/h9-13,15-18,23,39,61H,5-8,14H2,1-4H3,(H,53,55,59)(H,54,56,60). The molecule has 8 aromatic rings. The fourth-order valence-electron chi connectivity index (χ4n) is 7.75. The number of pyridine rings is 4. The number of rotatable bonds is 15. The van der Waals surface area contributed by atoms with E-state index in [0.717, 1.165) is 34.4 Å². The number of furan rings is 2. The highest BCUT2D eigenvalue weighted by Crippen LogP contribution is 2.42. The summed E-state index contributed by atoms with van der Waals surface area (Å²) in [5.41, 5.74) is 2.71. The van der Waals surface area contributed by atoms with Crippen molar-refractivity contribution < 1.29 is 51.2 Å². The number of aliphatic hydroxyl groups is 1. The molecule has 0 radical (unpaired) electrons. The molecule has 0 aromatic carbocycles. The third kappa shape index (κ3) is 9.81. The van der Waals surface area contributed by atoms with Crippen LogP contribution in [0.2, 0.25) is 5.15 Å². The number of ether oxygens (including phenoxy) is 4. The van der Waals surface area contributed by atoms with Crippen molar-refractivity contribution in [2.45, 2.75) is 71.2 Å². The lowest BCUT2D eigenvalue weighted by Gasteiger charge is -2.35. The number of halogens is 4. The molecule has 8 heterocycles. The smallest absolute Gasteiger partial charge is 0.387 e. The number of anilines is 2. The van der Waals surface area contributed by atoms with Gasteiger partial charge in [-0.15, -0.1) is 10.2 Å². The van der Waals surface area contributed by atoms with Gasteiger partial charge in [0.25, 0.3) is 17.0 Å². The number of aryl methyl sites for hydroxylation is 3. The second kappa shape index (κ2) is 18.9. The Morgan fingerprint density at radius 1 is 0.809 bits per heavy atom. The molecule has 2 amide bonds. The minimum Gasteiger partial charge on any atom is -0.494 e. The van der Waals surface area contributed by atoms with E-state index in [-0.39, 0.29) is 82.5 Å². The zero-order chi connectivity index (χ0) is 47.9. The van der Waals surface area contributed by atoms with Crippen LogP contribution in [0.1, 0.15) is 69.0 Å². The molecule has 1 aliphatic carbocycles. The van der Waals surface area contributed by atoms with Crippen LogP contribution in [0.5, 0.6) is 27.6 Å². The van der Waals surface area contributed by atoms with Gasteiger partial charge in [-0.25, -0.2) is 9.37 Å². The average Bonchev–Trinajstić information content (AvgIpc) is 4.12. The van der Waals surface area contributed by atoms with Crippen LogP contribution in [0.25, 0.3) is 33.4 Å². The molecule has 1 fully saturated rings. The van der Waals surface area contributed by atoms with Crippen molar-refractivity contribution in [2.75, 3.05) is 17.7 Å². The third-order valence-corrected chi connectivity index (χ3v) is 12.7. The quantitative estimate of drug-likeness (QED) is 0.0812. The van der Waals surface area contributed by atoms with Crippen molar-refractivity contribution in [2.24, 2.45) is 0 Å². The van der Waals surface area contributed by atoms with Crippen LogP contribution in [0, 0.1) is 26.6 Å².